The van der Waals surface area contributed by atoms with Crippen molar-refractivity contribution in [1.82, 2.24) is 10.6 Å². The van der Waals surface area contributed by atoms with Crippen molar-refractivity contribution in [2.24, 2.45) is 0 Å². The molecule has 0 aliphatic carbocycles. The van der Waals surface area contributed by atoms with Crippen LogP contribution in [-0.2, 0) is 12.8 Å². The number of amides is 2. The van der Waals surface area contributed by atoms with Gasteiger partial charge in [-0.1, -0.05) is 24.3 Å². The predicted octanol–water partition coefficient (Wildman–Crippen LogP) is 0.655. The number of nitrogens with one attached hydrogen (secondary N) is 2. The topological polar surface area (TPSA) is 122 Å². The van der Waals surface area contributed by atoms with Crippen LogP contribution in [0.25, 0.3) is 0 Å². The molecule has 0 radical (unpaired) electrons. The SMILES string of the molecule is O=C1N[C@H](Cc2ccc(O)cc2)[C@H](O)[C@@H](O)[C@@H](Cc2ccc(O)cc2)N1. The van der Waals surface area contributed by atoms with Crippen molar-refractivity contribution >= 4 is 6.03 Å². The zero-order valence-corrected chi connectivity index (χ0v) is 14.0. The molecule has 2 aromatic carbocycles. The fourth-order valence-electron chi connectivity index (χ4n) is 3.14. The molecule has 0 spiro atoms. The summed E-state index contributed by atoms with van der Waals surface area (Å²) in [7, 11) is 0. The Kier molecular flexibility index (Phi) is 5.29. The summed E-state index contributed by atoms with van der Waals surface area (Å²) in [5.41, 5.74) is 1.63. The molecule has 138 valence electrons. The van der Waals surface area contributed by atoms with Crippen molar-refractivity contribution < 1.29 is 25.2 Å². The first-order valence-electron chi connectivity index (χ1n) is 8.41. The van der Waals surface area contributed by atoms with E-state index in [4.69, 9.17) is 0 Å². The number of phenolic OH excluding ortho intramolecular Hbond substituents is 2. The summed E-state index contributed by atoms with van der Waals surface area (Å²) in [5.74, 6) is 0.268. The van der Waals surface area contributed by atoms with Crippen molar-refractivity contribution in [3.05, 3.63) is 59.7 Å². The van der Waals surface area contributed by atoms with Crippen LogP contribution in [-0.4, -0.2) is 50.7 Å². The second kappa shape index (κ2) is 7.63. The fourth-order valence-corrected chi connectivity index (χ4v) is 3.14. The Morgan fingerprint density at radius 1 is 0.692 bits per heavy atom. The third-order valence-corrected chi connectivity index (χ3v) is 4.59. The molecule has 0 saturated carbocycles. The van der Waals surface area contributed by atoms with Gasteiger partial charge in [-0.2, -0.15) is 0 Å². The molecule has 2 aromatic rings. The number of hydrogen-bond donors (Lipinski definition) is 6. The molecule has 2 amide bonds. The Morgan fingerprint density at radius 3 is 1.38 bits per heavy atom. The quantitative estimate of drug-likeness (QED) is 0.479. The lowest BCUT2D eigenvalue weighted by Gasteiger charge is -2.27. The van der Waals surface area contributed by atoms with Gasteiger partial charge in [-0.05, 0) is 48.2 Å². The van der Waals surface area contributed by atoms with E-state index in [0.29, 0.717) is 12.8 Å². The minimum Gasteiger partial charge on any atom is -0.508 e. The number of aliphatic hydroxyl groups excluding tert-OH is 2. The third-order valence-electron chi connectivity index (χ3n) is 4.59. The fraction of sp³-hybridized carbons (Fsp3) is 0.316. The van der Waals surface area contributed by atoms with Crippen LogP contribution >= 0.6 is 0 Å². The van der Waals surface area contributed by atoms with Gasteiger partial charge in [-0.15, -0.1) is 0 Å². The number of phenols is 2. The van der Waals surface area contributed by atoms with Crippen LogP contribution in [0.4, 0.5) is 4.79 Å². The second-order valence-corrected chi connectivity index (χ2v) is 6.55. The van der Waals surface area contributed by atoms with Crippen LogP contribution < -0.4 is 10.6 Å². The van der Waals surface area contributed by atoms with Gasteiger partial charge >= 0.3 is 6.03 Å². The van der Waals surface area contributed by atoms with Gasteiger partial charge in [0.15, 0.2) is 0 Å². The Morgan fingerprint density at radius 2 is 1.04 bits per heavy atom. The first kappa shape index (κ1) is 18.0. The zero-order chi connectivity index (χ0) is 18.7. The monoisotopic (exact) mass is 358 g/mol. The number of urea groups is 1. The van der Waals surface area contributed by atoms with Crippen molar-refractivity contribution in [2.45, 2.75) is 37.1 Å². The van der Waals surface area contributed by atoms with E-state index in [0.717, 1.165) is 11.1 Å². The molecule has 7 heteroatoms. The van der Waals surface area contributed by atoms with Crippen molar-refractivity contribution in [2.75, 3.05) is 0 Å². The van der Waals surface area contributed by atoms with Crippen LogP contribution in [0, 0.1) is 0 Å². The van der Waals surface area contributed by atoms with Crippen molar-refractivity contribution in [1.29, 1.82) is 0 Å². The molecule has 0 aromatic heterocycles. The van der Waals surface area contributed by atoms with E-state index in [2.05, 4.69) is 10.6 Å². The number of benzene rings is 2. The first-order valence-corrected chi connectivity index (χ1v) is 8.41. The van der Waals surface area contributed by atoms with Crippen LogP contribution in [0.3, 0.4) is 0 Å². The smallest absolute Gasteiger partial charge is 0.315 e. The molecule has 1 saturated heterocycles. The summed E-state index contributed by atoms with van der Waals surface area (Å²) < 4.78 is 0. The summed E-state index contributed by atoms with van der Waals surface area (Å²) >= 11 is 0. The molecule has 0 unspecified atom stereocenters. The van der Waals surface area contributed by atoms with Gasteiger partial charge in [0.1, 0.15) is 23.7 Å². The predicted molar refractivity (Wildman–Crippen MR) is 94.9 cm³/mol. The van der Waals surface area contributed by atoms with Crippen LogP contribution in [0.5, 0.6) is 11.5 Å². The van der Waals surface area contributed by atoms with E-state index >= 15 is 0 Å². The Balaban J connectivity index is 1.73. The highest BCUT2D eigenvalue weighted by Crippen LogP contribution is 2.19. The minimum atomic E-state index is -1.16. The number of carbonyl (C=O) groups is 1. The van der Waals surface area contributed by atoms with E-state index in [9.17, 15) is 25.2 Å². The maximum Gasteiger partial charge on any atom is 0.315 e. The number of aliphatic hydroxyl groups is 2. The second-order valence-electron chi connectivity index (χ2n) is 6.55. The van der Waals surface area contributed by atoms with Gasteiger partial charge in [-0.3, -0.25) is 0 Å². The van der Waals surface area contributed by atoms with Gasteiger partial charge < -0.3 is 31.1 Å². The summed E-state index contributed by atoms with van der Waals surface area (Å²) in [6, 6.07) is 11.1. The van der Waals surface area contributed by atoms with E-state index in [1.54, 1.807) is 24.3 Å². The Bertz CT molecular complexity index is 684. The normalized spacial score (nSPS) is 25.8. The number of hydrogen-bond acceptors (Lipinski definition) is 5. The summed E-state index contributed by atoms with van der Waals surface area (Å²) in [4.78, 5) is 12.2. The van der Waals surface area contributed by atoms with E-state index in [-0.39, 0.29) is 11.5 Å². The van der Waals surface area contributed by atoms with Crippen LogP contribution in [0.2, 0.25) is 0 Å². The molecular weight excluding hydrogens is 336 g/mol. The Hall–Kier alpha value is -2.77. The molecule has 0 bridgehead atoms. The maximum atomic E-state index is 12.2. The third kappa shape index (κ3) is 4.25. The maximum absolute atomic E-state index is 12.2. The zero-order valence-electron chi connectivity index (χ0n) is 14.0. The van der Waals surface area contributed by atoms with Gasteiger partial charge in [0.2, 0.25) is 0 Å². The molecule has 1 aliphatic heterocycles. The van der Waals surface area contributed by atoms with Crippen molar-refractivity contribution in [3.8, 4) is 11.5 Å². The lowest BCUT2D eigenvalue weighted by molar-refractivity contribution is -0.0116. The average molecular weight is 358 g/mol. The van der Waals surface area contributed by atoms with Crippen LogP contribution in [0.15, 0.2) is 48.5 Å². The molecule has 26 heavy (non-hydrogen) atoms. The summed E-state index contributed by atoms with van der Waals surface area (Å²) in [6.45, 7) is 0. The molecule has 6 N–H and O–H groups in total. The molecule has 3 rings (SSSR count). The lowest BCUT2D eigenvalue weighted by atomic mass is 9.92. The lowest BCUT2D eigenvalue weighted by Crippen LogP contribution is -2.49. The highest BCUT2D eigenvalue weighted by molar-refractivity contribution is 5.75. The van der Waals surface area contributed by atoms with Crippen LogP contribution in [0.1, 0.15) is 11.1 Å². The van der Waals surface area contributed by atoms with E-state index in [1.807, 2.05) is 0 Å². The molecule has 1 fully saturated rings. The highest BCUT2D eigenvalue weighted by Gasteiger charge is 2.37. The molecular formula is C19H22N2O5. The highest BCUT2D eigenvalue weighted by atomic mass is 16.3. The molecule has 1 aliphatic rings. The average Bonchev–Trinajstić information content (AvgIpc) is 2.71. The summed E-state index contributed by atoms with van der Waals surface area (Å²) in [5, 5.41) is 45.2. The van der Waals surface area contributed by atoms with E-state index in [1.165, 1.54) is 24.3 Å². The Labute approximate surface area is 150 Å². The molecule has 4 atom stereocenters. The van der Waals surface area contributed by atoms with Crippen molar-refractivity contribution in [3.63, 3.8) is 0 Å². The van der Waals surface area contributed by atoms with Gasteiger partial charge in [-0.25, -0.2) is 4.79 Å². The molecule has 1 heterocycles. The minimum absolute atomic E-state index is 0.134. The molecule has 7 nitrogen and oxygen atoms in total. The standard InChI is InChI=1S/C19H22N2O5/c22-13-5-1-11(2-6-13)9-15-17(24)18(25)16(21-19(26)20-15)10-12-3-7-14(23)8-4-12/h1-8,15-18,22-25H,9-10H2,(H2,20,21,26)/t15-,16-,17+,18+/m1/s1. The van der Waals surface area contributed by atoms with E-state index < -0.39 is 30.3 Å². The number of aromatic hydroxyl groups is 2. The largest absolute Gasteiger partial charge is 0.508 e. The van der Waals surface area contributed by atoms with Gasteiger partial charge in [0.05, 0.1) is 12.1 Å². The first-order chi connectivity index (χ1) is 12.4. The number of rotatable bonds is 4. The van der Waals surface area contributed by atoms with Gasteiger partial charge in [0, 0.05) is 0 Å². The number of carbonyl (C=O) groups excluding carboxylic acids is 1. The van der Waals surface area contributed by atoms with Gasteiger partial charge in [0.25, 0.3) is 0 Å². The summed E-state index contributed by atoms with van der Waals surface area (Å²) in [6.07, 6.45) is -1.69.